The molecule has 0 spiro atoms. The quantitative estimate of drug-likeness (QED) is 0.496. The van der Waals surface area contributed by atoms with Crippen molar-refractivity contribution in [2.24, 2.45) is 11.8 Å². The molecule has 8 nitrogen and oxygen atoms in total. The Morgan fingerprint density at radius 1 is 1.17 bits per heavy atom. The van der Waals surface area contributed by atoms with E-state index in [1.807, 2.05) is 4.90 Å². The lowest BCUT2D eigenvalue weighted by molar-refractivity contribution is -0.133. The van der Waals surface area contributed by atoms with Crippen molar-refractivity contribution in [3.8, 4) is 5.75 Å². The lowest BCUT2D eigenvalue weighted by Gasteiger charge is -2.41. The third-order valence-electron chi connectivity index (χ3n) is 7.25. The first-order chi connectivity index (χ1) is 16.7. The number of rotatable bonds is 9. The summed E-state index contributed by atoms with van der Waals surface area (Å²) in [5.74, 6) is 1.58. The molecule has 3 rings (SSSR count). The lowest BCUT2D eigenvalue weighted by Crippen LogP contribution is -2.55. The first-order valence-electron chi connectivity index (χ1n) is 12.7. The molecule has 0 saturated carbocycles. The highest BCUT2D eigenvalue weighted by atomic mass is 35.5. The van der Waals surface area contributed by atoms with Crippen LogP contribution in [0.4, 0.5) is 5.69 Å². The number of nitrogens with one attached hydrogen (secondary N) is 1. The number of halogens is 1. The number of carbonyl (C=O) groups excluding carboxylic acids is 2. The van der Waals surface area contributed by atoms with Gasteiger partial charge in [-0.25, -0.2) is 0 Å². The van der Waals surface area contributed by atoms with Gasteiger partial charge in [-0.1, -0.05) is 25.4 Å². The number of benzene rings is 1. The molecule has 2 heterocycles. The van der Waals surface area contributed by atoms with Crippen LogP contribution in [0.1, 0.15) is 56.3 Å². The van der Waals surface area contributed by atoms with Crippen LogP contribution in [-0.2, 0) is 9.53 Å². The van der Waals surface area contributed by atoms with E-state index in [2.05, 4.69) is 24.1 Å². The second kappa shape index (κ2) is 12.8. The van der Waals surface area contributed by atoms with E-state index in [1.54, 1.807) is 19.2 Å². The summed E-state index contributed by atoms with van der Waals surface area (Å²) in [5, 5.41) is 3.43. The van der Waals surface area contributed by atoms with Gasteiger partial charge in [-0.15, -0.1) is 0 Å². The molecule has 2 amide bonds. The maximum Gasteiger partial charge on any atom is 0.255 e. The van der Waals surface area contributed by atoms with E-state index in [1.165, 1.54) is 7.11 Å². The van der Waals surface area contributed by atoms with Crippen molar-refractivity contribution < 1.29 is 19.1 Å². The summed E-state index contributed by atoms with van der Waals surface area (Å²) >= 11 is 6.14. The maximum atomic E-state index is 13.0. The van der Waals surface area contributed by atoms with Crippen LogP contribution in [0.5, 0.6) is 5.75 Å². The van der Waals surface area contributed by atoms with Gasteiger partial charge >= 0.3 is 0 Å². The average molecular weight is 509 g/mol. The van der Waals surface area contributed by atoms with Crippen LogP contribution >= 0.6 is 11.6 Å². The maximum absolute atomic E-state index is 13.0. The minimum Gasteiger partial charge on any atom is -0.496 e. The molecule has 0 aliphatic carbocycles. The number of hydrogen-bond donors (Lipinski definition) is 2. The predicted molar refractivity (Wildman–Crippen MR) is 139 cm³/mol. The summed E-state index contributed by atoms with van der Waals surface area (Å²) in [4.78, 5) is 29.9. The first-order valence-corrected chi connectivity index (χ1v) is 13.1. The Labute approximate surface area is 214 Å². The van der Waals surface area contributed by atoms with Crippen molar-refractivity contribution in [3.05, 3.63) is 22.7 Å². The van der Waals surface area contributed by atoms with Crippen LogP contribution in [-0.4, -0.2) is 80.7 Å². The molecule has 1 aromatic rings. The minimum atomic E-state index is -0.251. The van der Waals surface area contributed by atoms with Crippen molar-refractivity contribution in [1.82, 2.24) is 15.1 Å². The van der Waals surface area contributed by atoms with Crippen LogP contribution in [0.15, 0.2) is 12.1 Å². The molecular formula is C26H41ClN4O4. The first kappa shape index (κ1) is 27.6. The third-order valence-corrected chi connectivity index (χ3v) is 7.57. The van der Waals surface area contributed by atoms with Gasteiger partial charge in [0.2, 0.25) is 5.91 Å². The van der Waals surface area contributed by atoms with Gasteiger partial charge in [-0.05, 0) is 43.6 Å². The number of ether oxygens (including phenoxy) is 2. The van der Waals surface area contributed by atoms with Crippen LogP contribution < -0.4 is 15.8 Å². The number of hydrogen-bond acceptors (Lipinski definition) is 6. The molecule has 9 heteroatoms. The number of methoxy groups -OCH3 is 2. The number of likely N-dealkylation sites (tertiary alicyclic amines) is 2. The number of anilines is 1. The fraction of sp³-hybridized carbons (Fsp3) is 0.692. The largest absolute Gasteiger partial charge is 0.496 e. The Hall–Kier alpha value is -2.03. The standard InChI is InChI=1S/C26H41ClN4O4/c1-17(2)5-6-25(32)31-11-7-18(8-12-31)15-30-10-9-22(24(16-30)35-4)29-26(33)19-13-20(27)21(28)14-23(19)34-3/h13-14,17-18,22,24H,5-12,15-16,28H2,1-4H3,(H,29,33)/t22-,24+/m0/s1. The highest BCUT2D eigenvalue weighted by Crippen LogP contribution is 2.29. The molecule has 35 heavy (non-hydrogen) atoms. The molecule has 0 unspecified atom stereocenters. The van der Waals surface area contributed by atoms with E-state index < -0.39 is 0 Å². The topological polar surface area (TPSA) is 97.1 Å². The SMILES string of the molecule is COc1cc(N)c(Cl)cc1C(=O)N[C@H]1CCN(CC2CCN(C(=O)CCC(C)C)CC2)C[C@H]1OC. The molecule has 1 aromatic carbocycles. The smallest absolute Gasteiger partial charge is 0.255 e. The van der Waals surface area contributed by atoms with E-state index in [9.17, 15) is 9.59 Å². The number of nitrogens with two attached hydrogens (primary N) is 1. The van der Waals surface area contributed by atoms with E-state index in [0.29, 0.717) is 46.2 Å². The van der Waals surface area contributed by atoms with E-state index >= 15 is 0 Å². The molecule has 2 aliphatic rings. The summed E-state index contributed by atoms with van der Waals surface area (Å²) in [6.07, 6.45) is 4.38. The van der Waals surface area contributed by atoms with Gasteiger partial charge in [0.25, 0.3) is 5.91 Å². The Kier molecular flexibility index (Phi) is 10.1. The monoisotopic (exact) mass is 508 g/mol. The number of amides is 2. The Balaban J connectivity index is 1.49. The van der Waals surface area contributed by atoms with Crippen LogP contribution in [0, 0.1) is 11.8 Å². The zero-order valence-corrected chi connectivity index (χ0v) is 22.3. The van der Waals surface area contributed by atoms with Crippen molar-refractivity contribution in [2.45, 2.75) is 58.1 Å². The zero-order valence-electron chi connectivity index (χ0n) is 21.5. The van der Waals surface area contributed by atoms with Crippen molar-refractivity contribution >= 4 is 29.1 Å². The molecule has 3 N–H and O–H groups in total. The van der Waals surface area contributed by atoms with Gasteiger partial charge < -0.3 is 30.3 Å². The second-order valence-electron chi connectivity index (χ2n) is 10.2. The molecule has 2 atom stereocenters. The molecule has 2 aliphatic heterocycles. The molecule has 0 radical (unpaired) electrons. The second-order valence-corrected chi connectivity index (χ2v) is 10.6. The highest BCUT2D eigenvalue weighted by Gasteiger charge is 2.33. The third kappa shape index (κ3) is 7.48. The normalized spacial score (nSPS) is 21.8. The van der Waals surface area contributed by atoms with Crippen LogP contribution in [0.3, 0.4) is 0 Å². The fourth-order valence-electron chi connectivity index (χ4n) is 5.01. The summed E-state index contributed by atoms with van der Waals surface area (Å²) in [7, 11) is 3.19. The average Bonchev–Trinajstić information content (AvgIpc) is 2.85. The van der Waals surface area contributed by atoms with Crippen molar-refractivity contribution in [3.63, 3.8) is 0 Å². The van der Waals surface area contributed by atoms with Crippen molar-refractivity contribution in [2.75, 3.05) is 52.7 Å². The molecule has 196 valence electrons. The van der Waals surface area contributed by atoms with Gasteiger partial charge in [0, 0.05) is 52.3 Å². The van der Waals surface area contributed by atoms with Gasteiger partial charge in [-0.2, -0.15) is 0 Å². The van der Waals surface area contributed by atoms with Crippen molar-refractivity contribution in [1.29, 1.82) is 0 Å². The fourth-order valence-corrected chi connectivity index (χ4v) is 5.18. The predicted octanol–water partition coefficient (Wildman–Crippen LogP) is 3.42. The Morgan fingerprint density at radius 2 is 1.89 bits per heavy atom. The van der Waals surface area contributed by atoms with Crippen LogP contribution in [0.25, 0.3) is 0 Å². The summed E-state index contributed by atoms with van der Waals surface area (Å²) in [6.45, 7) is 8.67. The molecular weight excluding hydrogens is 468 g/mol. The molecule has 2 saturated heterocycles. The van der Waals surface area contributed by atoms with E-state index in [0.717, 1.165) is 58.4 Å². The molecule has 0 aromatic heterocycles. The summed E-state index contributed by atoms with van der Waals surface area (Å²) in [5.41, 5.74) is 6.57. The Bertz CT molecular complexity index is 873. The lowest BCUT2D eigenvalue weighted by atomic mass is 9.93. The summed E-state index contributed by atoms with van der Waals surface area (Å²) in [6, 6.07) is 3.00. The van der Waals surface area contributed by atoms with Gasteiger partial charge in [0.1, 0.15) is 5.75 Å². The van der Waals surface area contributed by atoms with Crippen LogP contribution in [0.2, 0.25) is 5.02 Å². The highest BCUT2D eigenvalue weighted by molar-refractivity contribution is 6.33. The van der Waals surface area contributed by atoms with Gasteiger partial charge in [0.15, 0.2) is 0 Å². The zero-order chi connectivity index (χ0) is 25.5. The van der Waals surface area contributed by atoms with E-state index in [4.69, 9.17) is 26.8 Å². The number of nitrogen functional groups attached to an aromatic ring is 1. The number of carbonyl (C=O) groups is 2. The van der Waals surface area contributed by atoms with Gasteiger partial charge in [-0.3, -0.25) is 9.59 Å². The number of nitrogens with zero attached hydrogens (tertiary/aromatic N) is 2. The van der Waals surface area contributed by atoms with Gasteiger partial charge in [0.05, 0.1) is 35.5 Å². The van der Waals surface area contributed by atoms with E-state index in [-0.39, 0.29) is 18.1 Å². The molecule has 2 fully saturated rings. The minimum absolute atomic E-state index is 0.106. The molecule has 0 bridgehead atoms. The number of piperidine rings is 2. The summed E-state index contributed by atoms with van der Waals surface area (Å²) < 4.78 is 11.1. The Morgan fingerprint density at radius 3 is 2.51 bits per heavy atom.